The minimum absolute atomic E-state index is 0.185. The minimum atomic E-state index is -1.07. The number of phenols is 2. The van der Waals surface area contributed by atoms with Gasteiger partial charge < -0.3 is 15.3 Å². The number of aromatic hydroxyl groups is 2. The van der Waals surface area contributed by atoms with Gasteiger partial charge in [0.1, 0.15) is 0 Å². The Hall–Kier alpha value is -2.75. The Morgan fingerprint density at radius 2 is 1.65 bits per heavy atom. The van der Waals surface area contributed by atoms with Crippen LogP contribution in [-0.4, -0.2) is 21.3 Å². The molecule has 102 valence electrons. The molecule has 2 aromatic rings. The van der Waals surface area contributed by atoms with Crippen LogP contribution >= 0.6 is 0 Å². The third kappa shape index (κ3) is 3.38. The predicted octanol–water partition coefficient (Wildman–Crippen LogP) is 2.90. The van der Waals surface area contributed by atoms with Crippen molar-refractivity contribution in [2.45, 2.75) is 6.42 Å². The zero-order valence-corrected chi connectivity index (χ0v) is 10.7. The molecule has 0 saturated heterocycles. The number of rotatable bonds is 4. The number of hydrogen-bond donors (Lipinski definition) is 3. The molecule has 0 spiro atoms. The first-order chi connectivity index (χ1) is 9.56. The van der Waals surface area contributed by atoms with Gasteiger partial charge in [0.15, 0.2) is 11.5 Å². The number of carboxylic acids is 1. The van der Waals surface area contributed by atoms with Crippen molar-refractivity contribution in [2.75, 3.05) is 0 Å². The fourth-order valence-electron chi connectivity index (χ4n) is 1.85. The van der Waals surface area contributed by atoms with Gasteiger partial charge in [-0.2, -0.15) is 0 Å². The molecule has 4 nitrogen and oxygen atoms in total. The summed E-state index contributed by atoms with van der Waals surface area (Å²) in [5, 5.41) is 28.0. The third-order valence-corrected chi connectivity index (χ3v) is 2.80. The first-order valence-electron chi connectivity index (χ1n) is 6.06. The van der Waals surface area contributed by atoms with E-state index in [4.69, 9.17) is 5.11 Å². The maximum atomic E-state index is 10.7. The van der Waals surface area contributed by atoms with Gasteiger partial charge in [0, 0.05) is 5.56 Å². The fourth-order valence-corrected chi connectivity index (χ4v) is 1.85. The smallest absolute Gasteiger partial charge is 0.307 e. The van der Waals surface area contributed by atoms with E-state index in [9.17, 15) is 15.0 Å². The monoisotopic (exact) mass is 270 g/mol. The van der Waals surface area contributed by atoms with Gasteiger partial charge in [0.05, 0.1) is 6.42 Å². The quantitative estimate of drug-likeness (QED) is 0.589. The molecule has 0 saturated carbocycles. The van der Waals surface area contributed by atoms with Gasteiger partial charge in [0.2, 0.25) is 0 Å². The summed E-state index contributed by atoms with van der Waals surface area (Å²) >= 11 is 0. The zero-order chi connectivity index (χ0) is 14.5. The van der Waals surface area contributed by atoms with Crippen molar-refractivity contribution in [2.24, 2.45) is 0 Å². The molecular weight excluding hydrogens is 256 g/mol. The largest absolute Gasteiger partial charge is 0.504 e. The van der Waals surface area contributed by atoms with E-state index < -0.39 is 5.97 Å². The molecule has 0 fully saturated rings. The number of phenolic OH excluding ortho intramolecular Hbond substituents is 2. The first kappa shape index (κ1) is 13.7. The zero-order valence-electron chi connectivity index (χ0n) is 10.7. The van der Waals surface area contributed by atoms with Gasteiger partial charge in [-0.15, -0.1) is 0 Å². The molecule has 0 unspecified atom stereocenters. The van der Waals surface area contributed by atoms with Crippen LogP contribution in [-0.2, 0) is 11.2 Å². The molecule has 3 N–H and O–H groups in total. The number of aliphatic carboxylic acids is 1. The Kier molecular flexibility index (Phi) is 4.05. The number of carbonyl (C=O) groups is 1. The molecule has 0 aliphatic carbocycles. The lowest BCUT2D eigenvalue weighted by Gasteiger charge is -2.06. The van der Waals surface area contributed by atoms with Crippen molar-refractivity contribution in [1.29, 1.82) is 0 Å². The lowest BCUT2D eigenvalue weighted by atomic mass is 10.0. The summed E-state index contributed by atoms with van der Waals surface area (Å²) in [5.74, 6) is -1.77. The van der Waals surface area contributed by atoms with E-state index in [2.05, 4.69) is 0 Å². The van der Waals surface area contributed by atoms with Crippen LogP contribution in [0.5, 0.6) is 11.5 Å². The van der Waals surface area contributed by atoms with Crippen LogP contribution in [0.4, 0.5) is 0 Å². The normalized spacial score (nSPS) is 10.8. The van der Waals surface area contributed by atoms with E-state index in [-0.39, 0.29) is 23.5 Å². The maximum Gasteiger partial charge on any atom is 0.307 e. The Balaban J connectivity index is 2.31. The maximum absolute atomic E-state index is 10.7. The van der Waals surface area contributed by atoms with E-state index in [0.29, 0.717) is 5.56 Å². The number of benzene rings is 2. The highest BCUT2D eigenvalue weighted by Gasteiger charge is 2.11. The Labute approximate surface area is 116 Å². The molecule has 0 bridgehead atoms. The Bertz CT molecular complexity index is 645. The lowest BCUT2D eigenvalue weighted by Crippen LogP contribution is -2.00. The average Bonchev–Trinajstić information content (AvgIpc) is 2.42. The van der Waals surface area contributed by atoms with Crippen molar-refractivity contribution < 1.29 is 20.1 Å². The molecule has 0 heterocycles. The highest BCUT2D eigenvalue weighted by molar-refractivity contribution is 5.75. The molecule has 0 aromatic heterocycles. The second kappa shape index (κ2) is 5.93. The topological polar surface area (TPSA) is 77.8 Å². The van der Waals surface area contributed by atoms with Crippen molar-refractivity contribution in [3.8, 4) is 11.5 Å². The van der Waals surface area contributed by atoms with Crippen molar-refractivity contribution in [3.05, 3.63) is 59.2 Å². The van der Waals surface area contributed by atoms with Crippen molar-refractivity contribution in [3.63, 3.8) is 0 Å². The van der Waals surface area contributed by atoms with Crippen LogP contribution in [0, 0.1) is 0 Å². The molecule has 0 atom stereocenters. The van der Waals surface area contributed by atoms with Crippen LogP contribution in [0.15, 0.2) is 42.5 Å². The molecule has 0 amide bonds. The predicted molar refractivity (Wildman–Crippen MR) is 76.5 cm³/mol. The van der Waals surface area contributed by atoms with Crippen LogP contribution in [0.1, 0.15) is 16.7 Å². The number of hydrogen-bond acceptors (Lipinski definition) is 3. The van der Waals surface area contributed by atoms with Crippen LogP contribution in [0.25, 0.3) is 12.2 Å². The SMILES string of the molecule is O=C(O)Cc1cc(C=Cc2ccccc2)cc(O)c1O. The molecule has 20 heavy (non-hydrogen) atoms. The fraction of sp³-hybridized carbons (Fsp3) is 0.0625. The Morgan fingerprint density at radius 3 is 2.30 bits per heavy atom. The number of carboxylic acid groups (broad SMARTS) is 1. The second-order valence-corrected chi connectivity index (χ2v) is 4.36. The molecular formula is C16H14O4. The summed E-state index contributed by atoms with van der Waals surface area (Å²) in [7, 11) is 0. The van der Waals surface area contributed by atoms with E-state index >= 15 is 0 Å². The van der Waals surface area contributed by atoms with Gasteiger partial charge in [-0.25, -0.2) is 0 Å². The second-order valence-electron chi connectivity index (χ2n) is 4.36. The molecule has 2 rings (SSSR count). The van der Waals surface area contributed by atoms with Crippen molar-refractivity contribution >= 4 is 18.1 Å². The standard InChI is InChI=1S/C16H14O4/c17-14-9-12(7-6-11-4-2-1-3-5-11)8-13(16(14)20)10-15(18)19/h1-9,17,20H,10H2,(H,18,19). The molecule has 0 radical (unpaired) electrons. The van der Waals surface area contributed by atoms with Crippen LogP contribution in [0.3, 0.4) is 0 Å². The highest BCUT2D eigenvalue weighted by Crippen LogP contribution is 2.31. The highest BCUT2D eigenvalue weighted by atomic mass is 16.4. The van der Waals surface area contributed by atoms with Gasteiger partial charge in [0.25, 0.3) is 0 Å². The van der Waals surface area contributed by atoms with Crippen LogP contribution < -0.4 is 0 Å². The van der Waals surface area contributed by atoms with Crippen molar-refractivity contribution in [1.82, 2.24) is 0 Å². The average molecular weight is 270 g/mol. The van der Waals surface area contributed by atoms with E-state index in [1.54, 1.807) is 12.1 Å². The molecule has 2 aromatic carbocycles. The summed E-state index contributed by atoms with van der Waals surface area (Å²) in [6, 6.07) is 12.5. The lowest BCUT2D eigenvalue weighted by molar-refractivity contribution is -0.136. The molecule has 4 heteroatoms. The summed E-state index contributed by atoms with van der Waals surface area (Å²) in [6.45, 7) is 0. The van der Waals surface area contributed by atoms with Gasteiger partial charge in [-0.05, 0) is 23.3 Å². The Morgan fingerprint density at radius 1 is 1.00 bits per heavy atom. The third-order valence-electron chi connectivity index (χ3n) is 2.80. The summed E-state index contributed by atoms with van der Waals surface area (Å²) in [6.07, 6.45) is 3.25. The van der Waals surface area contributed by atoms with E-state index in [1.807, 2.05) is 36.4 Å². The summed E-state index contributed by atoms with van der Waals surface area (Å²) in [4.78, 5) is 10.7. The molecule has 0 aliphatic heterocycles. The van der Waals surface area contributed by atoms with Gasteiger partial charge >= 0.3 is 5.97 Å². The van der Waals surface area contributed by atoms with E-state index in [1.165, 1.54) is 6.07 Å². The first-order valence-corrected chi connectivity index (χ1v) is 6.06. The van der Waals surface area contributed by atoms with Gasteiger partial charge in [-0.1, -0.05) is 42.5 Å². The van der Waals surface area contributed by atoms with Crippen LogP contribution in [0.2, 0.25) is 0 Å². The molecule has 0 aliphatic rings. The minimum Gasteiger partial charge on any atom is -0.504 e. The van der Waals surface area contributed by atoms with E-state index in [0.717, 1.165) is 5.56 Å². The van der Waals surface area contributed by atoms with Gasteiger partial charge in [-0.3, -0.25) is 4.79 Å². The summed E-state index contributed by atoms with van der Waals surface area (Å²) < 4.78 is 0. The summed E-state index contributed by atoms with van der Waals surface area (Å²) in [5.41, 5.74) is 1.80.